The second kappa shape index (κ2) is 9.28. The number of carbonyl (C=O) groups is 3. The second-order valence-electron chi connectivity index (χ2n) is 6.34. The maximum Gasteiger partial charge on any atom is 0.312 e. The zero-order valence-electron chi connectivity index (χ0n) is 15.5. The van der Waals surface area contributed by atoms with Crippen LogP contribution in [0, 0.1) is 19.8 Å². The van der Waals surface area contributed by atoms with E-state index in [0.29, 0.717) is 10.8 Å². The number of benzene rings is 1. The van der Waals surface area contributed by atoms with E-state index in [4.69, 9.17) is 22.1 Å². The van der Waals surface area contributed by atoms with Gasteiger partial charge in [0.05, 0.1) is 0 Å². The molecule has 0 bridgehead atoms. The van der Waals surface area contributed by atoms with E-state index in [1.165, 1.54) is 0 Å². The normalized spacial score (nSPS) is 12.9. The number of ether oxygens (including phenoxy) is 1. The van der Waals surface area contributed by atoms with Crippen molar-refractivity contribution >= 4 is 29.4 Å². The van der Waals surface area contributed by atoms with E-state index in [-0.39, 0.29) is 5.92 Å². The van der Waals surface area contributed by atoms with Gasteiger partial charge < -0.3 is 15.8 Å². The van der Waals surface area contributed by atoms with Crippen LogP contribution < -0.4 is 26.6 Å². The van der Waals surface area contributed by atoms with Gasteiger partial charge in [-0.15, -0.1) is 0 Å². The van der Waals surface area contributed by atoms with Gasteiger partial charge in [0, 0.05) is 5.02 Å². The Morgan fingerprint density at radius 3 is 2.00 bits per heavy atom. The SMILES string of the molecule is Cc1cc(Cl)cc(C)c1OC(C)C(=O)NNC(=O)C(NC(N)=O)C(C)C. The van der Waals surface area contributed by atoms with Gasteiger partial charge in [0.2, 0.25) is 0 Å². The molecular weight excluding hydrogens is 360 g/mol. The number of carbonyl (C=O) groups excluding carboxylic acids is 3. The van der Waals surface area contributed by atoms with Crippen molar-refractivity contribution in [3.8, 4) is 5.75 Å². The lowest BCUT2D eigenvalue weighted by molar-refractivity contribution is -0.133. The van der Waals surface area contributed by atoms with Crippen molar-refractivity contribution in [1.29, 1.82) is 0 Å². The quantitative estimate of drug-likeness (QED) is 0.556. The zero-order chi connectivity index (χ0) is 20.0. The number of nitrogens with one attached hydrogen (secondary N) is 3. The molecule has 4 amide bonds. The van der Waals surface area contributed by atoms with E-state index in [1.807, 2.05) is 13.8 Å². The van der Waals surface area contributed by atoms with E-state index < -0.39 is 30.0 Å². The Kier molecular flexibility index (Phi) is 7.70. The van der Waals surface area contributed by atoms with Crippen molar-refractivity contribution < 1.29 is 19.1 Å². The van der Waals surface area contributed by atoms with E-state index in [9.17, 15) is 14.4 Å². The number of primary amides is 1. The highest BCUT2D eigenvalue weighted by Crippen LogP contribution is 2.27. The van der Waals surface area contributed by atoms with Crippen molar-refractivity contribution in [3.05, 3.63) is 28.3 Å². The first-order chi connectivity index (χ1) is 12.0. The highest BCUT2D eigenvalue weighted by atomic mass is 35.5. The van der Waals surface area contributed by atoms with Crippen LogP contribution in [0.3, 0.4) is 0 Å². The minimum Gasteiger partial charge on any atom is -0.480 e. The number of nitrogens with two attached hydrogens (primary N) is 1. The minimum absolute atomic E-state index is 0.215. The highest BCUT2D eigenvalue weighted by Gasteiger charge is 2.25. The fourth-order valence-electron chi connectivity index (χ4n) is 2.30. The summed E-state index contributed by atoms with van der Waals surface area (Å²) in [7, 11) is 0. The lowest BCUT2D eigenvalue weighted by Gasteiger charge is -2.22. The van der Waals surface area contributed by atoms with Gasteiger partial charge in [0.15, 0.2) is 6.10 Å². The molecule has 0 saturated carbocycles. The first-order valence-corrected chi connectivity index (χ1v) is 8.49. The van der Waals surface area contributed by atoms with Gasteiger partial charge in [-0.2, -0.15) is 0 Å². The van der Waals surface area contributed by atoms with Crippen molar-refractivity contribution in [3.63, 3.8) is 0 Å². The molecule has 0 fully saturated rings. The van der Waals surface area contributed by atoms with Crippen molar-refractivity contribution in [2.45, 2.75) is 46.8 Å². The maximum absolute atomic E-state index is 12.2. The molecule has 0 aliphatic rings. The van der Waals surface area contributed by atoms with Gasteiger partial charge >= 0.3 is 6.03 Å². The molecule has 2 atom stereocenters. The van der Waals surface area contributed by atoms with Crippen LogP contribution >= 0.6 is 11.6 Å². The molecule has 26 heavy (non-hydrogen) atoms. The van der Waals surface area contributed by atoms with Crippen molar-refractivity contribution in [1.82, 2.24) is 16.2 Å². The van der Waals surface area contributed by atoms with Gasteiger partial charge in [0.25, 0.3) is 11.8 Å². The van der Waals surface area contributed by atoms with Crippen LogP contribution in [-0.2, 0) is 9.59 Å². The van der Waals surface area contributed by atoms with Crippen LogP contribution in [0.25, 0.3) is 0 Å². The summed E-state index contributed by atoms with van der Waals surface area (Å²) in [5.74, 6) is -0.793. The summed E-state index contributed by atoms with van der Waals surface area (Å²) in [5.41, 5.74) is 11.2. The zero-order valence-corrected chi connectivity index (χ0v) is 16.2. The lowest BCUT2D eigenvalue weighted by Crippen LogP contribution is -2.56. The summed E-state index contributed by atoms with van der Waals surface area (Å²) in [6, 6.07) is 1.78. The molecule has 0 heterocycles. The Morgan fingerprint density at radius 2 is 1.54 bits per heavy atom. The molecule has 0 aliphatic heterocycles. The Balaban J connectivity index is 2.67. The molecule has 0 radical (unpaired) electrons. The van der Waals surface area contributed by atoms with Crippen LogP contribution in [0.5, 0.6) is 5.75 Å². The molecular formula is C17H25ClN4O4. The van der Waals surface area contributed by atoms with Crippen molar-refractivity contribution in [2.75, 3.05) is 0 Å². The smallest absolute Gasteiger partial charge is 0.312 e. The summed E-state index contributed by atoms with van der Waals surface area (Å²) < 4.78 is 5.69. The second-order valence-corrected chi connectivity index (χ2v) is 6.77. The monoisotopic (exact) mass is 384 g/mol. The molecule has 1 rings (SSSR count). The average Bonchev–Trinajstić information content (AvgIpc) is 2.52. The molecule has 144 valence electrons. The molecule has 5 N–H and O–H groups in total. The van der Waals surface area contributed by atoms with Gasteiger partial charge in [-0.25, -0.2) is 4.79 Å². The molecule has 1 aromatic rings. The molecule has 8 nitrogen and oxygen atoms in total. The molecule has 0 aromatic heterocycles. The topological polar surface area (TPSA) is 123 Å². The molecule has 0 spiro atoms. The minimum atomic E-state index is -0.871. The van der Waals surface area contributed by atoms with Crippen LogP contribution in [0.2, 0.25) is 5.02 Å². The lowest BCUT2D eigenvalue weighted by atomic mass is 10.0. The third-order valence-electron chi connectivity index (χ3n) is 3.64. The molecule has 2 unspecified atom stereocenters. The Hall–Kier alpha value is -2.48. The Bertz CT molecular complexity index is 670. The average molecular weight is 385 g/mol. The predicted molar refractivity (Wildman–Crippen MR) is 98.6 cm³/mol. The van der Waals surface area contributed by atoms with Gasteiger partial charge in [-0.1, -0.05) is 25.4 Å². The van der Waals surface area contributed by atoms with E-state index in [2.05, 4.69) is 16.2 Å². The standard InChI is InChI=1S/C17H25ClN4O4/c1-8(2)13(20-17(19)25)16(24)22-21-15(23)11(5)26-14-9(3)6-12(18)7-10(14)4/h6-8,11,13H,1-5H3,(H,21,23)(H,22,24)(H3,19,20,25). The molecule has 0 saturated heterocycles. The highest BCUT2D eigenvalue weighted by molar-refractivity contribution is 6.30. The van der Waals surface area contributed by atoms with Gasteiger partial charge in [-0.3, -0.25) is 20.4 Å². The number of urea groups is 1. The third-order valence-corrected chi connectivity index (χ3v) is 3.86. The van der Waals surface area contributed by atoms with Crippen molar-refractivity contribution in [2.24, 2.45) is 11.7 Å². The summed E-state index contributed by atoms with van der Waals surface area (Å²) in [6.07, 6.45) is -0.865. The molecule has 9 heteroatoms. The number of aryl methyl sites for hydroxylation is 2. The summed E-state index contributed by atoms with van der Waals surface area (Å²) >= 11 is 5.98. The Morgan fingerprint density at radius 1 is 1.04 bits per heavy atom. The number of hydrazine groups is 1. The third kappa shape index (κ3) is 6.11. The first kappa shape index (κ1) is 21.6. The Labute approximate surface area is 157 Å². The number of rotatable bonds is 6. The number of hydrogen-bond acceptors (Lipinski definition) is 4. The number of amides is 4. The number of halogens is 1. The molecule has 1 aromatic carbocycles. The van der Waals surface area contributed by atoms with Crippen LogP contribution in [-0.4, -0.2) is 30.0 Å². The predicted octanol–water partition coefficient (Wildman–Crippen LogP) is 1.56. The van der Waals surface area contributed by atoms with Gasteiger partial charge in [0.1, 0.15) is 11.8 Å². The van der Waals surface area contributed by atoms with Gasteiger partial charge in [-0.05, 0) is 49.9 Å². The van der Waals surface area contributed by atoms with Crippen LogP contribution in [0.15, 0.2) is 12.1 Å². The van der Waals surface area contributed by atoms with E-state index in [0.717, 1.165) is 11.1 Å². The van der Waals surface area contributed by atoms with Crippen LogP contribution in [0.1, 0.15) is 31.9 Å². The summed E-state index contributed by atoms with van der Waals surface area (Å²) in [6.45, 7) is 8.67. The largest absolute Gasteiger partial charge is 0.480 e. The fraction of sp³-hybridized carbons (Fsp3) is 0.471. The first-order valence-electron chi connectivity index (χ1n) is 8.12. The van der Waals surface area contributed by atoms with E-state index in [1.54, 1.807) is 32.9 Å². The number of hydrogen-bond donors (Lipinski definition) is 4. The maximum atomic E-state index is 12.2. The summed E-state index contributed by atoms with van der Waals surface area (Å²) in [4.78, 5) is 35.2. The summed E-state index contributed by atoms with van der Waals surface area (Å²) in [5, 5.41) is 2.91. The van der Waals surface area contributed by atoms with Crippen LogP contribution in [0.4, 0.5) is 4.79 Å². The van der Waals surface area contributed by atoms with E-state index >= 15 is 0 Å². The molecule has 0 aliphatic carbocycles. The fourth-order valence-corrected chi connectivity index (χ4v) is 2.63.